The molecule has 3 heterocycles. The van der Waals surface area contributed by atoms with E-state index in [9.17, 15) is 4.79 Å². The summed E-state index contributed by atoms with van der Waals surface area (Å²) in [5.41, 5.74) is 3.30. The van der Waals surface area contributed by atoms with E-state index < -0.39 is 0 Å². The fourth-order valence-corrected chi connectivity index (χ4v) is 4.31. The first kappa shape index (κ1) is 18.7. The number of rotatable bonds is 3. The summed E-state index contributed by atoms with van der Waals surface area (Å²) in [6.07, 6.45) is 4.21. The standard InChI is InChI=1S/C23H22ClNO4/c1-14-9-19-18(12-25(13-28-19)11-17-3-2-8-27-17)23-21(14)22(26)20(29-23)10-15-4-6-16(24)7-5-15/h4-7,9-10,17H,2-3,8,11-13H2,1H3/b20-10-. The molecule has 1 saturated heterocycles. The van der Waals surface area contributed by atoms with Crippen molar-refractivity contribution in [2.45, 2.75) is 32.4 Å². The van der Waals surface area contributed by atoms with Gasteiger partial charge in [-0.05, 0) is 55.2 Å². The fourth-order valence-electron chi connectivity index (χ4n) is 4.18. The van der Waals surface area contributed by atoms with E-state index in [-0.39, 0.29) is 11.9 Å². The van der Waals surface area contributed by atoms with Crippen LogP contribution in [0.5, 0.6) is 11.5 Å². The first-order chi connectivity index (χ1) is 14.1. The first-order valence-electron chi connectivity index (χ1n) is 9.91. The van der Waals surface area contributed by atoms with E-state index in [2.05, 4.69) is 4.90 Å². The Morgan fingerprint density at radius 3 is 2.86 bits per heavy atom. The Balaban J connectivity index is 1.45. The van der Waals surface area contributed by atoms with Gasteiger partial charge in [0.1, 0.15) is 18.2 Å². The van der Waals surface area contributed by atoms with Crippen LogP contribution in [-0.4, -0.2) is 36.7 Å². The summed E-state index contributed by atoms with van der Waals surface area (Å²) >= 11 is 5.96. The van der Waals surface area contributed by atoms with Gasteiger partial charge in [0.05, 0.1) is 17.2 Å². The molecule has 0 amide bonds. The lowest BCUT2D eigenvalue weighted by Crippen LogP contribution is -2.37. The van der Waals surface area contributed by atoms with Gasteiger partial charge in [0.15, 0.2) is 5.76 Å². The molecule has 6 heteroatoms. The van der Waals surface area contributed by atoms with Crippen molar-refractivity contribution in [2.75, 3.05) is 19.9 Å². The summed E-state index contributed by atoms with van der Waals surface area (Å²) in [6, 6.07) is 9.27. The molecule has 0 aliphatic carbocycles. The largest absolute Gasteiger partial charge is 0.478 e. The zero-order chi connectivity index (χ0) is 20.0. The lowest BCUT2D eigenvalue weighted by molar-refractivity contribution is 0.0273. The number of halogens is 1. The average Bonchev–Trinajstić information content (AvgIpc) is 3.33. The highest BCUT2D eigenvalue weighted by Crippen LogP contribution is 2.44. The Kier molecular flexibility index (Phi) is 4.82. The molecule has 0 bridgehead atoms. The lowest BCUT2D eigenvalue weighted by atomic mass is 9.98. The van der Waals surface area contributed by atoms with Crippen LogP contribution in [0.2, 0.25) is 5.02 Å². The van der Waals surface area contributed by atoms with Gasteiger partial charge in [-0.2, -0.15) is 0 Å². The molecule has 2 aromatic rings. The molecule has 0 N–H and O–H groups in total. The smallest absolute Gasteiger partial charge is 0.232 e. The second-order valence-corrected chi connectivity index (χ2v) is 8.22. The van der Waals surface area contributed by atoms with E-state index in [0.717, 1.165) is 48.4 Å². The van der Waals surface area contributed by atoms with Crippen LogP contribution in [0.3, 0.4) is 0 Å². The fraction of sp³-hybridized carbons (Fsp3) is 0.348. The van der Waals surface area contributed by atoms with Crippen LogP contribution in [0.4, 0.5) is 0 Å². The number of hydrogen-bond donors (Lipinski definition) is 0. The highest BCUT2D eigenvalue weighted by molar-refractivity contribution is 6.30. The van der Waals surface area contributed by atoms with Crippen LogP contribution in [0.25, 0.3) is 6.08 Å². The van der Waals surface area contributed by atoms with E-state index in [0.29, 0.717) is 35.4 Å². The Bertz CT molecular complexity index is 993. The molecular weight excluding hydrogens is 390 g/mol. The van der Waals surface area contributed by atoms with Gasteiger partial charge in [-0.15, -0.1) is 0 Å². The highest BCUT2D eigenvalue weighted by atomic mass is 35.5. The Morgan fingerprint density at radius 1 is 1.28 bits per heavy atom. The van der Waals surface area contributed by atoms with E-state index >= 15 is 0 Å². The number of aryl methyl sites for hydroxylation is 1. The van der Waals surface area contributed by atoms with Gasteiger partial charge in [-0.25, -0.2) is 0 Å². The highest BCUT2D eigenvalue weighted by Gasteiger charge is 2.36. The predicted molar refractivity (Wildman–Crippen MR) is 110 cm³/mol. The normalized spacial score (nSPS) is 22.3. The number of benzene rings is 2. The molecule has 1 fully saturated rings. The molecule has 0 spiro atoms. The van der Waals surface area contributed by atoms with Crippen LogP contribution in [0.15, 0.2) is 36.1 Å². The van der Waals surface area contributed by atoms with Gasteiger partial charge in [0, 0.05) is 24.7 Å². The number of fused-ring (bicyclic) bond motifs is 3. The molecule has 3 aliphatic heterocycles. The second kappa shape index (κ2) is 7.48. The minimum Gasteiger partial charge on any atom is -0.478 e. The lowest BCUT2D eigenvalue weighted by Gasteiger charge is -2.31. The van der Waals surface area contributed by atoms with E-state index in [1.807, 2.05) is 25.1 Å². The number of allylic oxidation sites excluding steroid dienone is 1. The van der Waals surface area contributed by atoms with Crippen molar-refractivity contribution in [3.63, 3.8) is 0 Å². The van der Waals surface area contributed by atoms with Crippen molar-refractivity contribution in [1.82, 2.24) is 4.90 Å². The average molecular weight is 412 g/mol. The van der Waals surface area contributed by atoms with Gasteiger partial charge in [-0.1, -0.05) is 23.7 Å². The Hall–Kier alpha value is -2.34. The number of carbonyl (C=O) groups excluding carboxylic acids is 1. The molecule has 5 rings (SSSR count). The monoisotopic (exact) mass is 411 g/mol. The second-order valence-electron chi connectivity index (χ2n) is 7.79. The molecule has 0 aromatic heterocycles. The zero-order valence-corrected chi connectivity index (χ0v) is 17.0. The van der Waals surface area contributed by atoms with Crippen LogP contribution in [0.1, 0.15) is 39.9 Å². The van der Waals surface area contributed by atoms with Crippen molar-refractivity contribution in [3.05, 3.63) is 63.4 Å². The molecule has 0 saturated carbocycles. The molecule has 0 radical (unpaired) electrons. The number of hydrogen-bond acceptors (Lipinski definition) is 5. The van der Waals surface area contributed by atoms with Crippen molar-refractivity contribution in [3.8, 4) is 11.5 Å². The van der Waals surface area contributed by atoms with Gasteiger partial charge in [-0.3, -0.25) is 9.69 Å². The minimum absolute atomic E-state index is 0.0912. The quantitative estimate of drug-likeness (QED) is 0.691. The minimum atomic E-state index is -0.0912. The first-order valence-corrected chi connectivity index (χ1v) is 10.3. The third-order valence-electron chi connectivity index (χ3n) is 5.64. The molecule has 3 aliphatic rings. The van der Waals surface area contributed by atoms with Gasteiger partial charge < -0.3 is 14.2 Å². The third kappa shape index (κ3) is 3.54. The summed E-state index contributed by atoms with van der Waals surface area (Å²) in [7, 11) is 0. The molecule has 29 heavy (non-hydrogen) atoms. The Labute approximate surface area is 174 Å². The maximum absolute atomic E-state index is 13.0. The topological polar surface area (TPSA) is 48.0 Å². The Morgan fingerprint density at radius 2 is 2.10 bits per heavy atom. The number of carbonyl (C=O) groups is 1. The van der Waals surface area contributed by atoms with E-state index in [4.69, 9.17) is 25.8 Å². The maximum atomic E-state index is 13.0. The summed E-state index contributed by atoms with van der Waals surface area (Å²) in [4.78, 5) is 15.3. The summed E-state index contributed by atoms with van der Waals surface area (Å²) in [5.74, 6) is 1.66. The number of ketones is 1. The molecule has 5 nitrogen and oxygen atoms in total. The van der Waals surface area contributed by atoms with Crippen molar-refractivity contribution < 1.29 is 19.0 Å². The van der Waals surface area contributed by atoms with Crippen LogP contribution < -0.4 is 9.47 Å². The van der Waals surface area contributed by atoms with Crippen LogP contribution >= 0.6 is 11.6 Å². The maximum Gasteiger partial charge on any atom is 0.232 e. The van der Waals surface area contributed by atoms with Crippen molar-refractivity contribution in [2.24, 2.45) is 0 Å². The van der Waals surface area contributed by atoms with Gasteiger partial charge in [0.25, 0.3) is 0 Å². The van der Waals surface area contributed by atoms with Gasteiger partial charge in [0.2, 0.25) is 5.78 Å². The summed E-state index contributed by atoms with van der Waals surface area (Å²) in [5, 5.41) is 0.655. The predicted octanol–water partition coefficient (Wildman–Crippen LogP) is 4.60. The summed E-state index contributed by atoms with van der Waals surface area (Å²) in [6.45, 7) is 4.78. The molecule has 1 unspecified atom stereocenters. The van der Waals surface area contributed by atoms with E-state index in [1.54, 1.807) is 18.2 Å². The van der Waals surface area contributed by atoms with Crippen LogP contribution in [-0.2, 0) is 11.3 Å². The third-order valence-corrected chi connectivity index (χ3v) is 5.89. The number of nitrogens with zero attached hydrogens (tertiary/aromatic N) is 1. The van der Waals surface area contributed by atoms with E-state index in [1.165, 1.54) is 0 Å². The molecule has 150 valence electrons. The summed E-state index contributed by atoms with van der Waals surface area (Å²) < 4.78 is 17.9. The zero-order valence-electron chi connectivity index (χ0n) is 16.2. The van der Waals surface area contributed by atoms with Crippen molar-refractivity contribution >= 4 is 23.5 Å². The molecule has 1 atom stereocenters. The number of Topliss-reactive ketones (excluding diaryl/α,β-unsaturated/α-hetero) is 1. The molecule has 2 aromatic carbocycles. The number of ether oxygens (including phenoxy) is 3. The van der Waals surface area contributed by atoms with Gasteiger partial charge >= 0.3 is 0 Å². The van der Waals surface area contributed by atoms with Crippen LogP contribution in [0, 0.1) is 6.92 Å². The molecular formula is C23H22ClNO4. The SMILES string of the molecule is Cc1cc2c(c3c1C(=O)/C(=C/c1ccc(Cl)cc1)O3)CN(CC1CCCO1)CO2. The van der Waals surface area contributed by atoms with Crippen molar-refractivity contribution in [1.29, 1.82) is 0 Å².